The van der Waals surface area contributed by atoms with Crippen LogP contribution in [0.25, 0.3) is 0 Å². The van der Waals surface area contributed by atoms with E-state index in [-0.39, 0.29) is 5.82 Å². The van der Waals surface area contributed by atoms with E-state index in [0.29, 0.717) is 5.69 Å². The Morgan fingerprint density at radius 3 is 2.87 bits per heavy atom. The maximum absolute atomic E-state index is 12.4. The van der Waals surface area contributed by atoms with Gasteiger partial charge in [0.25, 0.3) is 0 Å². The maximum Gasteiger partial charge on any atom is 0.351 e. The molecular weight excluding hydrogens is 329 g/mol. The standard InChI is InChI=1S/C14H17ClFN3O4/c1-7-6-9(17)18-13(22)19(7)12-14(15,4-3-5-16)11(21)10(23-12)8(2)20/h6,8,10-12,20-21H,5H2,1-2H3,(H2,17,18,22)/t8-,10-,11+,12-,14?/m1/s1. The number of nitrogen functional groups attached to an aromatic ring is 1. The second-order valence-corrected chi connectivity index (χ2v) is 5.94. The van der Waals surface area contributed by atoms with Gasteiger partial charge in [0.2, 0.25) is 0 Å². The van der Waals surface area contributed by atoms with Crippen molar-refractivity contribution in [3.05, 3.63) is 22.2 Å². The molecular formula is C14H17ClFN3O4. The Bertz CT molecular complexity index is 714. The number of nitrogens with zero attached hydrogens (tertiary/aromatic N) is 2. The number of anilines is 1. The fourth-order valence-electron chi connectivity index (χ4n) is 2.55. The Kier molecular flexibility index (Phi) is 4.96. The van der Waals surface area contributed by atoms with E-state index in [2.05, 4.69) is 16.8 Å². The van der Waals surface area contributed by atoms with Crippen LogP contribution in [0.5, 0.6) is 0 Å². The SMILES string of the molecule is Cc1cc(N)nc(=O)n1[C@@H]1O[C@H]([C@@H](C)O)[C@H](O)C1(Cl)C#CCF. The van der Waals surface area contributed by atoms with Gasteiger partial charge in [-0.15, -0.1) is 0 Å². The van der Waals surface area contributed by atoms with Crippen LogP contribution >= 0.6 is 11.6 Å². The lowest BCUT2D eigenvalue weighted by Gasteiger charge is -2.27. The minimum atomic E-state index is -1.82. The first-order valence-electron chi connectivity index (χ1n) is 6.84. The van der Waals surface area contributed by atoms with Crippen molar-refractivity contribution in [1.82, 2.24) is 9.55 Å². The Balaban J connectivity index is 2.61. The number of alkyl halides is 2. The van der Waals surface area contributed by atoms with E-state index < -0.39 is 41.8 Å². The lowest BCUT2D eigenvalue weighted by molar-refractivity contribution is -0.0777. The van der Waals surface area contributed by atoms with E-state index in [0.717, 1.165) is 4.57 Å². The van der Waals surface area contributed by atoms with Crippen molar-refractivity contribution in [2.24, 2.45) is 0 Å². The third kappa shape index (κ3) is 3.05. The lowest BCUT2D eigenvalue weighted by atomic mass is 9.96. The molecule has 5 atom stereocenters. The van der Waals surface area contributed by atoms with Crippen LogP contribution < -0.4 is 11.4 Å². The van der Waals surface area contributed by atoms with Crippen molar-refractivity contribution in [3.8, 4) is 11.8 Å². The van der Waals surface area contributed by atoms with Crippen molar-refractivity contribution in [2.75, 3.05) is 12.4 Å². The van der Waals surface area contributed by atoms with Gasteiger partial charge in [0.15, 0.2) is 11.1 Å². The highest BCUT2D eigenvalue weighted by molar-refractivity contribution is 6.27. The molecule has 126 valence electrons. The molecule has 0 aliphatic carbocycles. The summed E-state index contributed by atoms with van der Waals surface area (Å²) in [6, 6.07) is 1.42. The Labute approximate surface area is 136 Å². The van der Waals surface area contributed by atoms with Crippen LogP contribution in [0, 0.1) is 18.8 Å². The molecule has 23 heavy (non-hydrogen) atoms. The topological polar surface area (TPSA) is 111 Å². The molecule has 1 fully saturated rings. The Morgan fingerprint density at radius 2 is 2.35 bits per heavy atom. The van der Waals surface area contributed by atoms with Gasteiger partial charge in [-0.05, 0) is 19.9 Å². The van der Waals surface area contributed by atoms with Gasteiger partial charge in [0.05, 0.1) is 6.10 Å². The summed E-state index contributed by atoms with van der Waals surface area (Å²) in [7, 11) is 0. The van der Waals surface area contributed by atoms with E-state index in [4.69, 9.17) is 22.1 Å². The fraction of sp³-hybridized carbons (Fsp3) is 0.571. The van der Waals surface area contributed by atoms with Crippen LogP contribution in [0.2, 0.25) is 0 Å². The van der Waals surface area contributed by atoms with Crippen molar-refractivity contribution in [1.29, 1.82) is 0 Å². The van der Waals surface area contributed by atoms with Gasteiger partial charge in [-0.3, -0.25) is 4.57 Å². The van der Waals surface area contributed by atoms with E-state index in [1.807, 2.05) is 0 Å². The van der Waals surface area contributed by atoms with Crippen LogP contribution in [0.1, 0.15) is 18.8 Å². The van der Waals surface area contributed by atoms with Gasteiger partial charge in [0.1, 0.15) is 24.7 Å². The molecule has 1 unspecified atom stereocenters. The minimum Gasteiger partial charge on any atom is -0.391 e. The van der Waals surface area contributed by atoms with E-state index in [1.54, 1.807) is 6.92 Å². The first-order valence-corrected chi connectivity index (χ1v) is 7.22. The number of ether oxygens (including phenoxy) is 1. The van der Waals surface area contributed by atoms with Crippen LogP contribution in [0.15, 0.2) is 10.9 Å². The van der Waals surface area contributed by atoms with E-state index in [1.165, 1.54) is 13.0 Å². The van der Waals surface area contributed by atoms with Crippen molar-refractivity contribution in [3.63, 3.8) is 0 Å². The van der Waals surface area contributed by atoms with Crippen LogP contribution in [0.4, 0.5) is 10.2 Å². The molecule has 1 aliphatic rings. The second-order valence-electron chi connectivity index (χ2n) is 5.32. The molecule has 0 spiro atoms. The number of hydrogen-bond donors (Lipinski definition) is 3. The van der Waals surface area contributed by atoms with Gasteiger partial charge in [-0.25, -0.2) is 9.18 Å². The molecule has 1 aromatic rings. The first-order chi connectivity index (χ1) is 10.7. The molecule has 2 rings (SSSR count). The zero-order valence-electron chi connectivity index (χ0n) is 12.5. The predicted octanol–water partition coefficient (Wildman–Crippen LogP) is -0.276. The van der Waals surface area contributed by atoms with Crippen molar-refractivity contribution >= 4 is 17.4 Å². The van der Waals surface area contributed by atoms with Gasteiger partial charge in [-0.2, -0.15) is 4.98 Å². The number of aryl methyl sites for hydroxylation is 1. The normalized spacial score (nSPS) is 31.5. The Morgan fingerprint density at radius 1 is 1.70 bits per heavy atom. The highest BCUT2D eigenvalue weighted by Crippen LogP contribution is 2.44. The number of nitrogens with two attached hydrogens (primary N) is 1. The van der Waals surface area contributed by atoms with E-state index >= 15 is 0 Å². The van der Waals surface area contributed by atoms with Gasteiger partial charge < -0.3 is 20.7 Å². The monoisotopic (exact) mass is 345 g/mol. The summed E-state index contributed by atoms with van der Waals surface area (Å²) in [5, 5.41) is 20.1. The maximum atomic E-state index is 12.4. The number of aromatic nitrogens is 2. The number of rotatable bonds is 2. The molecule has 4 N–H and O–H groups in total. The smallest absolute Gasteiger partial charge is 0.351 e. The molecule has 7 nitrogen and oxygen atoms in total. The molecule has 9 heteroatoms. The van der Waals surface area contributed by atoms with Crippen LogP contribution in [0.3, 0.4) is 0 Å². The quantitative estimate of drug-likeness (QED) is 0.502. The van der Waals surface area contributed by atoms with Gasteiger partial charge in [0, 0.05) is 5.69 Å². The summed E-state index contributed by atoms with van der Waals surface area (Å²) in [5.41, 5.74) is 5.13. The largest absolute Gasteiger partial charge is 0.391 e. The number of halogens is 2. The second kappa shape index (κ2) is 6.45. The summed E-state index contributed by atoms with van der Waals surface area (Å²) in [6.45, 7) is 1.99. The molecule has 0 bridgehead atoms. The number of aliphatic hydroxyl groups is 2. The minimum absolute atomic E-state index is 0.0180. The molecule has 0 amide bonds. The molecule has 0 aromatic carbocycles. The van der Waals surface area contributed by atoms with Crippen molar-refractivity contribution in [2.45, 2.75) is 43.3 Å². The molecule has 2 heterocycles. The van der Waals surface area contributed by atoms with E-state index in [9.17, 15) is 19.4 Å². The van der Waals surface area contributed by atoms with Crippen LogP contribution in [-0.4, -0.2) is 49.6 Å². The number of aliphatic hydroxyl groups excluding tert-OH is 2. The Hall–Kier alpha value is -1.66. The third-order valence-electron chi connectivity index (χ3n) is 3.61. The van der Waals surface area contributed by atoms with Gasteiger partial charge in [-0.1, -0.05) is 23.4 Å². The molecule has 0 saturated carbocycles. The molecule has 1 saturated heterocycles. The van der Waals surface area contributed by atoms with Gasteiger partial charge >= 0.3 is 5.69 Å². The molecule has 1 aliphatic heterocycles. The predicted molar refractivity (Wildman–Crippen MR) is 81.6 cm³/mol. The molecule has 0 radical (unpaired) electrons. The first kappa shape index (κ1) is 17.7. The third-order valence-corrected chi connectivity index (χ3v) is 4.12. The molecule has 1 aromatic heterocycles. The summed E-state index contributed by atoms with van der Waals surface area (Å²) < 4.78 is 19.1. The lowest BCUT2D eigenvalue weighted by Crippen LogP contribution is -2.45. The summed E-state index contributed by atoms with van der Waals surface area (Å²) in [6.07, 6.45) is -4.90. The highest BCUT2D eigenvalue weighted by Gasteiger charge is 2.57. The highest BCUT2D eigenvalue weighted by atomic mass is 35.5. The zero-order chi connectivity index (χ0) is 17.4. The van der Waals surface area contributed by atoms with Crippen LogP contribution in [-0.2, 0) is 4.74 Å². The summed E-state index contributed by atoms with van der Waals surface area (Å²) in [5.74, 6) is 4.55. The summed E-state index contributed by atoms with van der Waals surface area (Å²) in [4.78, 5) is 13.9. The number of hydrogen-bond acceptors (Lipinski definition) is 6. The van der Waals surface area contributed by atoms with Crippen molar-refractivity contribution < 1.29 is 19.3 Å². The summed E-state index contributed by atoms with van der Waals surface area (Å²) >= 11 is 6.38. The average molecular weight is 346 g/mol. The average Bonchev–Trinajstić information content (AvgIpc) is 2.70. The zero-order valence-corrected chi connectivity index (χ0v) is 13.3. The fourth-order valence-corrected chi connectivity index (χ4v) is 2.89.